The summed E-state index contributed by atoms with van der Waals surface area (Å²) >= 11 is 1.56. The fourth-order valence-corrected chi connectivity index (χ4v) is 3.08. The molecule has 2 aromatic carbocycles. The Labute approximate surface area is 133 Å². The number of benzene rings is 2. The summed E-state index contributed by atoms with van der Waals surface area (Å²) in [5.74, 6) is -0.129. The molecule has 22 heavy (non-hydrogen) atoms. The number of nitrogens with zero attached hydrogens (tertiary/aromatic N) is 1. The molecule has 0 saturated carbocycles. The van der Waals surface area contributed by atoms with Crippen molar-refractivity contribution >= 4 is 11.3 Å². The largest absolute Gasteiger partial charge is 0.494 e. The minimum Gasteiger partial charge on any atom is -0.494 e. The molecule has 0 aliphatic carbocycles. The Bertz CT molecular complexity index is 780. The lowest BCUT2D eigenvalue weighted by Crippen LogP contribution is -1.88. The Balaban J connectivity index is 1.91. The molecule has 0 amide bonds. The first-order chi connectivity index (χ1) is 10.7. The van der Waals surface area contributed by atoms with Gasteiger partial charge in [-0.05, 0) is 30.2 Å². The predicted molar refractivity (Wildman–Crippen MR) is 88.9 cm³/mol. The molecule has 0 unspecified atom stereocenters. The highest BCUT2D eigenvalue weighted by atomic mass is 32.1. The molecule has 0 aliphatic rings. The summed E-state index contributed by atoms with van der Waals surface area (Å²) < 4.78 is 18.7. The molecule has 0 saturated heterocycles. The molecule has 2 nitrogen and oxygen atoms in total. The monoisotopic (exact) mass is 313 g/mol. The lowest BCUT2D eigenvalue weighted by molar-refractivity contribution is 0.386. The van der Waals surface area contributed by atoms with Crippen molar-refractivity contribution in [2.45, 2.75) is 13.3 Å². The minimum atomic E-state index is -0.373. The summed E-state index contributed by atoms with van der Waals surface area (Å²) in [4.78, 5) is 4.61. The highest BCUT2D eigenvalue weighted by molar-refractivity contribution is 7.13. The van der Waals surface area contributed by atoms with Crippen LogP contribution in [-0.4, -0.2) is 12.1 Å². The van der Waals surface area contributed by atoms with Gasteiger partial charge in [-0.2, -0.15) is 0 Å². The molecule has 1 heterocycles. The third kappa shape index (κ3) is 2.88. The van der Waals surface area contributed by atoms with Gasteiger partial charge in [0.15, 0.2) is 11.6 Å². The van der Waals surface area contributed by atoms with Gasteiger partial charge >= 0.3 is 0 Å². The average Bonchev–Trinajstić information content (AvgIpc) is 3.05. The maximum Gasteiger partial charge on any atom is 0.165 e. The van der Waals surface area contributed by atoms with Crippen molar-refractivity contribution in [1.82, 2.24) is 4.98 Å². The number of aryl methyl sites for hydroxylation is 1. The molecule has 0 bridgehead atoms. The van der Waals surface area contributed by atoms with E-state index in [9.17, 15) is 4.39 Å². The number of aromatic nitrogens is 1. The second-order valence-corrected chi connectivity index (χ2v) is 5.80. The molecule has 0 atom stereocenters. The van der Waals surface area contributed by atoms with E-state index in [-0.39, 0.29) is 11.6 Å². The van der Waals surface area contributed by atoms with Crippen LogP contribution in [0.1, 0.15) is 12.5 Å². The molecule has 0 radical (unpaired) electrons. The van der Waals surface area contributed by atoms with Crippen LogP contribution in [0, 0.1) is 5.82 Å². The number of halogens is 1. The van der Waals surface area contributed by atoms with E-state index in [1.165, 1.54) is 18.7 Å². The number of methoxy groups -OCH3 is 1. The maximum absolute atomic E-state index is 13.8. The van der Waals surface area contributed by atoms with E-state index >= 15 is 0 Å². The van der Waals surface area contributed by atoms with Gasteiger partial charge in [0.2, 0.25) is 0 Å². The number of thiazole rings is 1. The molecule has 0 aliphatic heterocycles. The third-order valence-corrected chi connectivity index (χ3v) is 4.45. The molecular weight excluding hydrogens is 297 g/mol. The Morgan fingerprint density at radius 2 is 1.82 bits per heavy atom. The van der Waals surface area contributed by atoms with Gasteiger partial charge in [0.05, 0.1) is 12.8 Å². The number of rotatable bonds is 4. The van der Waals surface area contributed by atoms with Crippen LogP contribution in [0.4, 0.5) is 4.39 Å². The van der Waals surface area contributed by atoms with Gasteiger partial charge in [0.1, 0.15) is 5.01 Å². The van der Waals surface area contributed by atoms with Crippen LogP contribution in [0.3, 0.4) is 0 Å². The standard InChI is InChI=1S/C18H16FNOS/c1-3-12-4-6-13(7-5-12)18-20-16(11-22-18)14-8-9-17(21-2)15(19)10-14/h4-11H,3H2,1-2H3. The molecule has 112 valence electrons. The van der Waals surface area contributed by atoms with Crippen molar-refractivity contribution in [3.63, 3.8) is 0 Å². The lowest BCUT2D eigenvalue weighted by Gasteiger charge is -2.03. The van der Waals surface area contributed by atoms with Crippen LogP contribution in [0.15, 0.2) is 47.8 Å². The molecule has 0 spiro atoms. The zero-order valence-corrected chi connectivity index (χ0v) is 13.3. The van der Waals surface area contributed by atoms with Crippen molar-refractivity contribution < 1.29 is 9.13 Å². The topological polar surface area (TPSA) is 22.1 Å². The van der Waals surface area contributed by atoms with E-state index in [1.54, 1.807) is 17.4 Å². The molecular formula is C18H16FNOS. The Kier molecular flexibility index (Phi) is 4.20. The highest BCUT2D eigenvalue weighted by Gasteiger charge is 2.09. The van der Waals surface area contributed by atoms with E-state index in [0.717, 1.165) is 28.2 Å². The van der Waals surface area contributed by atoms with Crippen molar-refractivity contribution in [1.29, 1.82) is 0 Å². The first kappa shape index (κ1) is 14.7. The Morgan fingerprint density at radius 1 is 1.09 bits per heavy atom. The fourth-order valence-electron chi connectivity index (χ4n) is 2.25. The predicted octanol–water partition coefficient (Wildman–Crippen LogP) is 5.19. The lowest BCUT2D eigenvalue weighted by atomic mass is 10.1. The van der Waals surface area contributed by atoms with Crippen molar-refractivity contribution in [2.75, 3.05) is 7.11 Å². The molecule has 3 aromatic rings. The summed E-state index contributed by atoms with van der Waals surface area (Å²) in [6, 6.07) is 13.3. The number of hydrogen-bond donors (Lipinski definition) is 0. The maximum atomic E-state index is 13.8. The quantitative estimate of drug-likeness (QED) is 0.661. The van der Waals surface area contributed by atoms with Gasteiger partial charge in [0.25, 0.3) is 0 Å². The van der Waals surface area contributed by atoms with Crippen LogP contribution in [-0.2, 0) is 6.42 Å². The van der Waals surface area contributed by atoms with E-state index in [2.05, 4.69) is 36.2 Å². The van der Waals surface area contributed by atoms with Gasteiger partial charge < -0.3 is 4.74 Å². The molecule has 3 rings (SSSR count). The van der Waals surface area contributed by atoms with Gasteiger partial charge in [-0.15, -0.1) is 11.3 Å². The minimum absolute atomic E-state index is 0.245. The summed E-state index contributed by atoms with van der Waals surface area (Å²) in [6.07, 6.45) is 1.02. The van der Waals surface area contributed by atoms with E-state index in [1.807, 2.05) is 11.4 Å². The van der Waals surface area contributed by atoms with Gasteiger partial charge in [0, 0.05) is 16.5 Å². The van der Waals surface area contributed by atoms with Gasteiger partial charge in [-0.3, -0.25) is 0 Å². The summed E-state index contributed by atoms with van der Waals surface area (Å²) in [6.45, 7) is 2.13. The highest BCUT2D eigenvalue weighted by Crippen LogP contribution is 2.31. The summed E-state index contributed by atoms with van der Waals surface area (Å²) in [5.41, 5.74) is 3.92. The van der Waals surface area contributed by atoms with Crippen molar-refractivity contribution in [3.05, 3.63) is 59.2 Å². The zero-order valence-electron chi connectivity index (χ0n) is 12.5. The molecule has 0 fully saturated rings. The van der Waals surface area contributed by atoms with Gasteiger partial charge in [-0.1, -0.05) is 31.2 Å². The van der Waals surface area contributed by atoms with Crippen LogP contribution >= 0.6 is 11.3 Å². The van der Waals surface area contributed by atoms with Crippen molar-refractivity contribution in [3.8, 4) is 27.6 Å². The first-order valence-electron chi connectivity index (χ1n) is 7.10. The Hall–Kier alpha value is -2.20. The van der Waals surface area contributed by atoms with E-state index < -0.39 is 0 Å². The molecule has 1 aromatic heterocycles. The second kappa shape index (κ2) is 6.28. The summed E-state index contributed by atoms with van der Waals surface area (Å²) in [7, 11) is 1.46. The van der Waals surface area contributed by atoms with Gasteiger partial charge in [-0.25, -0.2) is 9.37 Å². The van der Waals surface area contributed by atoms with Crippen LogP contribution in [0.25, 0.3) is 21.8 Å². The average molecular weight is 313 g/mol. The third-order valence-electron chi connectivity index (χ3n) is 3.56. The zero-order chi connectivity index (χ0) is 15.5. The van der Waals surface area contributed by atoms with Crippen LogP contribution < -0.4 is 4.74 Å². The fraction of sp³-hybridized carbons (Fsp3) is 0.167. The SMILES string of the molecule is CCc1ccc(-c2nc(-c3ccc(OC)c(F)c3)cs2)cc1. The first-order valence-corrected chi connectivity index (χ1v) is 7.98. The molecule has 4 heteroatoms. The summed E-state index contributed by atoms with van der Waals surface area (Å²) in [5, 5.41) is 2.89. The van der Waals surface area contributed by atoms with E-state index in [0.29, 0.717) is 0 Å². The van der Waals surface area contributed by atoms with E-state index in [4.69, 9.17) is 4.74 Å². The van der Waals surface area contributed by atoms with Crippen LogP contribution in [0.2, 0.25) is 0 Å². The smallest absolute Gasteiger partial charge is 0.165 e. The Morgan fingerprint density at radius 3 is 2.45 bits per heavy atom. The van der Waals surface area contributed by atoms with Crippen molar-refractivity contribution in [2.24, 2.45) is 0 Å². The van der Waals surface area contributed by atoms with Crippen LogP contribution in [0.5, 0.6) is 5.75 Å². The second-order valence-electron chi connectivity index (χ2n) is 4.94. The normalized spacial score (nSPS) is 10.7. The molecule has 0 N–H and O–H groups in total. The number of ether oxygens (including phenoxy) is 1. The number of hydrogen-bond acceptors (Lipinski definition) is 3.